The summed E-state index contributed by atoms with van der Waals surface area (Å²) in [5.41, 5.74) is 4.92. The van der Waals surface area contributed by atoms with E-state index in [1.165, 1.54) is 0 Å². The van der Waals surface area contributed by atoms with Crippen LogP contribution in [0.4, 0.5) is 0 Å². The molecule has 0 amide bonds. The minimum atomic E-state index is -0.183. The summed E-state index contributed by atoms with van der Waals surface area (Å²) in [5, 5.41) is 11.5. The molecule has 1 aliphatic heterocycles. The van der Waals surface area contributed by atoms with E-state index in [0.29, 0.717) is 36.9 Å². The number of hydrogen-bond acceptors (Lipinski definition) is 3. The van der Waals surface area contributed by atoms with Gasteiger partial charge in [-0.3, -0.25) is 4.79 Å². The minimum Gasteiger partial charge on any atom is -0.493 e. The fourth-order valence-electron chi connectivity index (χ4n) is 3.82. The van der Waals surface area contributed by atoms with Crippen molar-refractivity contribution in [3.8, 4) is 28.1 Å². The molecule has 5 nitrogen and oxygen atoms in total. The number of ether oxygens (including phenoxy) is 1. The highest BCUT2D eigenvalue weighted by Gasteiger charge is 2.25. The van der Waals surface area contributed by atoms with E-state index < -0.39 is 0 Å². The van der Waals surface area contributed by atoms with Crippen LogP contribution in [0.1, 0.15) is 11.1 Å². The maximum atomic E-state index is 13.1. The number of rotatable bonds is 2. The third-order valence-electron chi connectivity index (χ3n) is 5.18. The Balaban J connectivity index is 1.94. The van der Waals surface area contributed by atoms with Crippen LogP contribution in [0.5, 0.6) is 5.88 Å². The second-order valence-corrected chi connectivity index (χ2v) is 7.24. The fraction of sp³-hybridized carbons (Fsp3) is 0.286. The number of fused-ring (bicyclic) bond motifs is 1. The standard InChI is InChI=1S/C21H21ClN2O3/c1-13-3-8-17(15-4-6-16(22)7-5-15)14(2)18(13)19-20(25)23-9-11-27-12-10-24(23)21(19)26/h3-8,25H,9-12H2,1-2H3. The first-order valence-corrected chi connectivity index (χ1v) is 9.33. The van der Waals surface area contributed by atoms with E-state index in [0.717, 1.165) is 27.8 Å². The van der Waals surface area contributed by atoms with Crippen molar-refractivity contribution < 1.29 is 9.84 Å². The van der Waals surface area contributed by atoms with Gasteiger partial charge in [-0.15, -0.1) is 0 Å². The molecule has 0 spiro atoms. The van der Waals surface area contributed by atoms with Crippen LogP contribution in [-0.4, -0.2) is 27.7 Å². The summed E-state index contributed by atoms with van der Waals surface area (Å²) in [7, 11) is 0. The molecule has 6 heteroatoms. The van der Waals surface area contributed by atoms with Crippen molar-refractivity contribution in [2.24, 2.45) is 0 Å². The van der Waals surface area contributed by atoms with Gasteiger partial charge in [0.2, 0.25) is 5.88 Å². The van der Waals surface area contributed by atoms with Gasteiger partial charge in [0.15, 0.2) is 0 Å². The van der Waals surface area contributed by atoms with E-state index in [9.17, 15) is 9.90 Å². The molecule has 140 valence electrons. The summed E-state index contributed by atoms with van der Waals surface area (Å²) in [6.07, 6.45) is 0. The smallest absolute Gasteiger partial charge is 0.278 e. The number of aromatic hydroxyl groups is 1. The third kappa shape index (κ3) is 2.97. The molecule has 0 aliphatic carbocycles. The lowest BCUT2D eigenvalue weighted by atomic mass is 9.90. The fourth-order valence-corrected chi connectivity index (χ4v) is 3.95. The lowest BCUT2D eigenvalue weighted by Gasteiger charge is -2.14. The first-order valence-electron chi connectivity index (χ1n) is 8.96. The van der Waals surface area contributed by atoms with Gasteiger partial charge >= 0.3 is 0 Å². The van der Waals surface area contributed by atoms with Gasteiger partial charge in [-0.05, 0) is 53.8 Å². The predicted molar refractivity (Wildman–Crippen MR) is 107 cm³/mol. The van der Waals surface area contributed by atoms with Crippen LogP contribution >= 0.6 is 11.6 Å². The zero-order valence-electron chi connectivity index (χ0n) is 15.3. The number of aryl methyl sites for hydroxylation is 1. The Labute approximate surface area is 162 Å². The molecular weight excluding hydrogens is 364 g/mol. The van der Waals surface area contributed by atoms with E-state index in [2.05, 4.69) is 0 Å². The molecule has 0 atom stereocenters. The van der Waals surface area contributed by atoms with Crippen molar-refractivity contribution in [2.75, 3.05) is 13.2 Å². The average Bonchev–Trinajstić information content (AvgIpc) is 2.83. The van der Waals surface area contributed by atoms with Gasteiger partial charge < -0.3 is 9.84 Å². The molecule has 0 saturated heterocycles. The Hall–Kier alpha value is -2.50. The van der Waals surface area contributed by atoms with Crippen LogP contribution in [0.2, 0.25) is 5.02 Å². The molecule has 27 heavy (non-hydrogen) atoms. The number of aromatic nitrogens is 2. The molecule has 3 aromatic rings. The summed E-state index contributed by atoms with van der Waals surface area (Å²) < 4.78 is 8.62. The molecule has 1 aromatic heterocycles. The molecule has 0 bridgehead atoms. The largest absolute Gasteiger partial charge is 0.493 e. The lowest BCUT2D eigenvalue weighted by Crippen LogP contribution is -2.23. The van der Waals surface area contributed by atoms with Gasteiger partial charge in [0.05, 0.1) is 26.3 Å². The van der Waals surface area contributed by atoms with Crippen LogP contribution in [0, 0.1) is 13.8 Å². The second-order valence-electron chi connectivity index (χ2n) is 6.80. The topological polar surface area (TPSA) is 56.4 Å². The Morgan fingerprint density at radius 1 is 0.963 bits per heavy atom. The monoisotopic (exact) mass is 384 g/mol. The van der Waals surface area contributed by atoms with Crippen molar-refractivity contribution in [1.82, 2.24) is 9.36 Å². The maximum Gasteiger partial charge on any atom is 0.278 e. The zero-order chi connectivity index (χ0) is 19.1. The minimum absolute atomic E-state index is 0.00459. The van der Waals surface area contributed by atoms with Gasteiger partial charge in [0.25, 0.3) is 5.56 Å². The van der Waals surface area contributed by atoms with Gasteiger partial charge in [-0.25, -0.2) is 9.36 Å². The SMILES string of the molecule is Cc1ccc(-c2ccc(Cl)cc2)c(C)c1-c1c(O)n2n(c1=O)CCOCC2. The summed E-state index contributed by atoms with van der Waals surface area (Å²) in [6, 6.07) is 11.7. The first-order chi connectivity index (χ1) is 13.0. The van der Waals surface area contributed by atoms with E-state index in [-0.39, 0.29) is 11.4 Å². The van der Waals surface area contributed by atoms with E-state index in [1.54, 1.807) is 9.36 Å². The lowest BCUT2D eigenvalue weighted by molar-refractivity contribution is 0.137. The van der Waals surface area contributed by atoms with Gasteiger partial charge in [-0.1, -0.05) is 35.9 Å². The van der Waals surface area contributed by atoms with Crippen LogP contribution in [0.3, 0.4) is 0 Å². The highest BCUT2D eigenvalue weighted by molar-refractivity contribution is 6.30. The number of nitrogens with zero attached hydrogens (tertiary/aromatic N) is 2. The molecule has 2 aromatic carbocycles. The van der Waals surface area contributed by atoms with Gasteiger partial charge in [-0.2, -0.15) is 0 Å². The average molecular weight is 385 g/mol. The molecule has 4 rings (SSSR count). The van der Waals surface area contributed by atoms with E-state index >= 15 is 0 Å². The van der Waals surface area contributed by atoms with Crippen molar-refractivity contribution in [3.63, 3.8) is 0 Å². The van der Waals surface area contributed by atoms with Crippen LogP contribution in [0.15, 0.2) is 41.2 Å². The Kier molecular flexibility index (Phi) is 4.58. The van der Waals surface area contributed by atoms with Gasteiger partial charge in [0, 0.05) is 5.02 Å². The van der Waals surface area contributed by atoms with Crippen molar-refractivity contribution in [3.05, 3.63) is 62.9 Å². The molecule has 0 unspecified atom stereocenters. The highest BCUT2D eigenvalue weighted by Crippen LogP contribution is 2.37. The summed E-state index contributed by atoms with van der Waals surface area (Å²) in [4.78, 5) is 13.1. The molecule has 0 fully saturated rings. The molecule has 0 saturated carbocycles. The third-order valence-corrected chi connectivity index (χ3v) is 5.43. The summed E-state index contributed by atoms with van der Waals surface area (Å²) in [6.45, 7) is 5.78. The van der Waals surface area contributed by atoms with Crippen molar-refractivity contribution >= 4 is 11.6 Å². The Morgan fingerprint density at radius 2 is 1.63 bits per heavy atom. The van der Waals surface area contributed by atoms with Gasteiger partial charge in [0.1, 0.15) is 5.56 Å². The zero-order valence-corrected chi connectivity index (χ0v) is 16.1. The second kappa shape index (κ2) is 6.91. The number of hydrogen-bond donors (Lipinski definition) is 1. The molecule has 1 N–H and O–H groups in total. The molecular formula is C21H21ClN2O3. The predicted octanol–water partition coefficient (Wildman–Crippen LogP) is 3.99. The Bertz CT molecular complexity index is 1060. The number of benzene rings is 2. The molecule has 0 radical (unpaired) electrons. The van der Waals surface area contributed by atoms with E-state index in [1.807, 2.05) is 50.2 Å². The van der Waals surface area contributed by atoms with Crippen molar-refractivity contribution in [2.45, 2.75) is 26.9 Å². The van der Waals surface area contributed by atoms with E-state index in [4.69, 9.17) is 16.3 Å². The number of halogens is 1. The normalized spacial score (nSPS) is 14.0. The Morgan fingerprint density at radius 3 is 2.33 bits per heavy atom. The van der Waals surface area contributed by atoms with Crippen molar-refractivity contribution in [1.29, 1.82) is 0 Å². The van der Waals surface area contributed by atoms with Crippen LogP contribution in [0.25, 0.3) is 22.3 Å². The quantitative estimate of drug-likeness (QED) is 0.726. The molecule has 2 heterocycles. The van der Waals surface area contributed by atoms with Crippen LogP contribution in [-0.2, 0) is 17.8 Å². The van der Waals surface area contributed by atoms with Crippen LogP contribution < -0.4 is 5.56 Å². The molecule has 1 aliphatic rings. The highest BCUT2D eigenvalue weighted by atomic mass is 35.5. The summed E-state index contributed by atoms with van der Waals surface area (Å²) in [5.74, 6) is 0.00459. The summed E-state index contributed by atoms with van der Waals surface area (Å²) >= 11 is 6.01. The maximum absolute atomic E-state index is 13.1. The first kappa shape index (κ1) is 17.9.